The van der Waals surface area contributed by atoms with E-state index in [9.17, 15) is 9.59 Å². The van der Waals surface area contributed by atoms with Crippen molar-refractivity contribution in [2.75, 3.05) is 32.8 Å². The molecule has 0 radical (unpaired) electrons. The standard InChI is InChI=1S/C27H25N3O3/c28-18-21-6-8-22(9-7-21)19-29-14-16-30(17-15-29)26(31)20-33-25-12-10-24(11-13-25)27(32)23-4-2-1-3-5-23/h1-13H,14-17,19-20H2. The number of ketones is 1. The molecule has 1 aliphatic rings. The quantitative estimate of drug-likeness (QED) is 0.527. The Morgan fingerprint density at radius 2 is 1.45 bits per heavy atom. The van der Waals surface area contributed by atoms with Crippen LogP contribution >= 0.6 is 0 Å². The maximum Gasteiger partial charge on any atom is 0.260 e. The van der Waals surface area contributed by atoms with Crippen molar-refractivity contribution in [1.29, 1.82) is 5.26 Å². The van der Waals surface area contributed by atoms with E-state index in [0.29, 0.717) is 35.5 Å². The third-order valence-electron chi connectivity index (χ3n) is 5.73. The van der Waals surface area contributed by atoms with E-state index in [-0.39, 0.29) is 18.3 Å². The summed E-state index contributed by atoms with van der Waals surface area (Å²) in [5.41, 5.74) is 3.04. The summed E-state index contributed by atoms with van der Waals surface area (Å²) in [7, 11) is 0. The van der Waals surface area contributed by atoms with Crippen molar-refractivity contribution in [3.05, 3.63) is 101 Å². The Bertz CT molecular complexity index is 1130. The molecule has 0 bridgehead atoms. The number of nitrogens with zero attached hydrogens (tertiary/aromatic N) is 3. The molecule has 0 aromatic heterocycles. The number of ether oxygens (including phenoxy) is 1. The van der Waals surface area contributed by atoms with Gasteiger partial charge >= 0.3 is 0 Å². The predicted molar refractivity (Wildman–Crippen MR) is 125 cm³/mol. The molecule has 1 saturated heterocycles. The van der Waals surface area contributed by atoms with Crippen LogP contribution < -0.4 is 4.74 Å². The third-order valence-corrected chi connectivity index (χ3v) is 5.73. The van der Waals surface area contributed by atoms with Gasteiger partial charge in [-0.15, -0.1) is 0 Å². The Kier molecular flexibility index (Phi) is 7.13. The van der Waals surface area contributed by atoms with Gasteiger partial charge in [-0.3, -0.25) is 14.5 Å². The first-order valence-electron chi connectivity index (χ1n) is 10.9. The zero-order chi connectivity index (χ0) is 23.0. The van der Waals surface area contributed by atoms with Gasteiger partial charge in [0.25, 0.3) is 5.91 Å². The van der Waals surface area contributed by atoms with Crippen molar-refractivity contribution in [2.24, 2.45) is 0 Å². The van der Waals surface area contributed by atoms with E-state index in [4.69, 9.17) is 10.00 Å². The van der Waals surface area contributed by atoms with Gasteiger partial charge < -0.3 is 9.64 Å². The number of piperazine rings is 1. The molecule has 0 N–H and O–H groups in total. The highest BCUT2D eigenvalue weighted by Gasteiger charge is 2.21. The van der Waals surface area contributed by atoms with Crippen LogP contribution in [0.1, 0.15) is 27.0 Å². The average Bonchev–Trinajstić information content (AvgIpc) is 2.88. The topological polar surface area (TPSA) is 73.6 Å². The Morgan fingerprint density at radius 1 is 0.818 bits per heavy atom. The van der Waals surface area contributed by atoms with Gasteiger partial charge in [0.15, 0.2) is 12.4 Å². The fourth-order valence-electron chi connectivity index (χ4n) is 3.79. The van der Waals surface area contributed by atoms with Crippen LogP contribution in [0.4, 0.5) is 0 Å². The molecule has 0 saturated carbocycles. The van der Waals surface area contributed by atoms with E-state index in [2.05, 4.69) is 11.0 Å². The van der Waals surface area contributed by atoms with E-state index >= 15 is 0 Å². The Morgan fingerprint density at radius 3 is 2.09 bits per heavy atom. The van der Waals surface area contributed by atoms with Gasteiger partial charge in [-0.1, -0.05) is 42.5 Å². The lowest BCUT2D eigenvalue weighted by atomic mass is 10.0. The number of nitriles is 1. The van der Waals surface area contributed by atoms with Gasteiger partial charge in [0.2, 0.25) is 0 Å². The highest BCUT2D eigenvalue weighted by Crippen LogP contribution is 2.16. The van der Waals surface area contributed by atoms with Crippen molar-refractivity contribution >= 4 is 11.7 Å². The van der Waals surface area contributed by atoms with Crippen LogP contribution in [0.3, 0.4) is 0 Å². The van der Waals surface area contributed by atoms with E-state index < -0.39 is 0 Å². The lowest BCUT2D eigenvalue weighted by Crippen LogP contribution is -2.49. The monoisotopic (exact) mass is 439 g/mol. The van der Waals surface area contributed by atoms with Crippen LogP contribution in [0, 0.1) is 11.3 Å². The molecule has 1 aliphatic heterocycles. The number of carbonyl (C=O) groups excluding carboxylic acids is 2. The maximum atomic E-state index is 12.6. The summed E-state index contributed by atoms with van der Waals surface area (Å²) in [5, 5.41) is 8.90. The van der Waals surface area contributed by atoms with Gasteiger partial charge in [0.1, 0.15) is 5.75 Å². The lowest BCUT2D eigenvalue weighted by Gasteiger charge is -2.34. The molecule has 1 amide bonds. The van der Waals surface area contributed by atoms with Crippen LogP contribution in [-0.4, -0.2) is 54.3 Å². The van der Waals surface area contributed by atoms with Crippen LogP contribution in [0.25, 0.3) is 0 Å². The summed E-state index contributed by atoms with van der Waals surface area (Å²) in [5.74, 6) is 0.474. The molecule has 4 rings (SSSR count). The molecule has 166 valence electrons. The number of rotatable bonds is 7. The smallest absolute Gasteiger partial charge is 0.260 e. The molecule has 0 unspecified atom stereocenters. The number of carbonyl (C=O) groups is 2. The van der Waals surface area contributed by atoms with Gasteiger partial charge in [-0.05, 0) is 42.0 Å². The van der Waals surface area contributed by atoms with Gasteiger partial charge in [0.05, 0.1) is 11.6 Å². The minimum atomic E-state index is -0.0443. The number of benzene rings is 3. The molecule has 1 heterocycles. The second kappa shape index (κ2) is 10.6. The van der Waals surface area contributed by atoms with Crippen LogP contribution in [-0.2, 0) is 11.3 Å². The summed E-state index contributed by atoms with van der Waals surface area (Å²) in [6, 6.07) is 25.7. The number of hydrogen-bond donors (Lipinski definition) is 0. The van der Waals surface area contributed by atoms with Crippen molar-refractivity contribution in [3.63, 3.8) is 0 Å². The summed E-state index contributed by atoms with van der Waals surface area (Å²) in [4.78, 5) is 29.2. The maximum absolute atomic E-state index is 12.6. The summed E-state index contributed by atoms with van der Waals surface area (Å²) >= 11 is 0. The first-order chi connectivity index (χ1) is 16.1. The average molecular weight is 440 g/mol. The highest BCUT2D eigenvalue weighted by atomic mass is 16.5. The summed E-state index contributed by atoms with van der Waals surface area (Å²) < 4.78 is 5.66. The van der Waals surface area contributed by atoms with Crippen LogP contribution in [0.5, 0.6) is 5.75 Å². The first-order valence-corrected chi connectivity index (χ1v) is 10.9. The SMILES string of the molecule is N#Cc1ccc(CN2CCN(C(=O)COc3ccc(C(=O)c4ccccc4)cc3)CC2)cc1. The van der Waals surface area contributed by atoms with Gasteiger partial charge in [0, 0.05) is 43.9 Å². The summed E-state index contributed by atoms with van der Waals surface area (Å²) in [6.45, 7) is 3.68. The largest absolute Gasteiger partial charge is 0.484 e. The molecule has 0 atom stereocenters. The lowest BCUT2D eigenvalue weighted by molar-refractivity contribution is -0.135. The van der Waals surface area contributed by atoms with Crippen molar-refractivity contribution in [1.82, 2.24) is 9.80 Å². The normalized spacial score (nSPS) is 13.8. The molecule has 0 spiro atoms. The minimum absolute atomic E-state index is 0.0262. The molecular weight excluding hydrogens is 414 g/mol. The zero-order valence-corrected chi connectivity index (χ0v) is 18.3. The number of amides is 1. The molecular formula is C27H25N3O3. The predicted octanol–water partition coefficient (Wildman–Crippen LogP) is 3.51. The molecule has 3 aromatic rings. The van der Waals surface area contributed by atoms with Crippen LogP contribution in [0.15, 0.2) is 78.9 Å². The molecule has 33 heavy (non-hydrogen) atoms. The Labute approximate surface area is 193 Å². The second-order valence-electron chi connectivity index (χ2n) is 7.97. The number of hydrogen-bond acceptors (Lipinski definition) is 5. The Hall–Kier alpha value is -3.95. The Balaban J connectivity index is 1.22. The molecule has 0 aliphatic carbocycles. The van der Waals surface area contributed by atoms with E-state index in [1.807, 2.05) is 47.4 Å². The third kappa shape index (κ3) is 5.85. The molecule has 1 fully saturated rings. The van der Waals surface area contributed by atoms with E-state index in [1.165, 1.54) is 0 Å². The first kappa shape index (κ1) is 22.3. The molecule has 3 aromatic carbocycles. The van der Waals surface area contributed by atoms with E-state index in [1.54, 1.807) is 36.4 Å². The van der Waals surface area contributed by atoms with Crippen molar-refractivity contribution in [3.8, 4) is 11.8 Å². The van der Waals surface area contributed by atoms with Crippen LogP contribution in [0.2, 0.25) is 0 Å². The fraction of sp³-hybridized carbons (Fsp3) is 0.222. The fourth-order valence-corrected chi connectivity index (χ4v) is 3.79. The van der Waals surface area contributed by atoms with Gasteiger partial charge in [-0.2, -0.15) is 5.26 Å². The van der Waals surface area contributed by atoms with Gasteiger partial charge in [-0.25, -0.2) is 0 Å². The van der Waals surface area contributed by atoms with Crippen molar-refractivity contribution in [2.45, 2.75) is 6.54 Å². The summed E-state index contributed by atoms with van der Waals surface area (Å²) in [6.07, 6.45) is 0. The molecule has 6 nitrogen and oxygen atoms in total. The minimum Gasteiger partial charge on any atom is -0.484 e. The molecule has 6 heteroatoms. The van der Waals surface area contributed by atoms with E-state index in [0.717, 1.165) is 25.2 Å². The van der Waals surface area contributed by atoms with Crippen molar-refractivity contribution < 1.29 is 14.3 Å². The second-order valence-corrected chi connectivity index (χ2v) is 7.97. The highest BCUT2D eigenvalue weighted by molar-refractivity contribution is 6.08. The zero-order valence-electron chi connectivity index (χ0n) is 18.3.